The van der Waals surface area contributed by atoms with E-state index < -0.39 is 0 Å². The molecule has 1 aromatic heterocycles. The Balaban J connectivity index is 1.86. The van der Waals surface area contributed by atoms with E-state index in [-0.39, 0.29) is 5.78 Å². The first-order valence-electron chi connectivity index (χ1n) is 6.16. The molecular formula is C13H16Cl2OS2. The fraction of sp³-hybridized carbons (Fsp3) is 0.615. The van der Waals surface area contributed by atoms with Crippen molar-refractivity contribution < 1.29 is 4.79 Å². The molecule has 0 radical (unpaired) electrons. The lowest BCUT2D eigenvalue weighted by atomic mass is 9.91. The molecule has 2 atom stereocenters. The lowest BCUT2D eigenvalue weighted by Gasteiger charge is -2.25. The number of hydrogen-bond donors (Lipinski definition) is 0. The first-order chi connectivity index (χ1) is 8.56. The van der Waals surface area contributed by atoms with Gasteiger partial charge in [0.05, 0.1) is 10.1 Å². The summed E-state index contributed by atoms with van der Waals surface area (Å²) >= 11 is 14.9. The van der Waals surface area contributed by atoms with Crippen LogP contribution in [0.5, 0.6) is 0 Å². The Morgan fingerprint density at radius 2 is 2.28 bits per heavy atom. The summed E-state index contributed by atoms with van der Waals surface area (Å²) in [6, 6.07) is 1.68. The maximum Gasteiger partial charge on any atom is 0.175 e. The summed E-state index contributed by atoms with van der Waals surface area (Å²) in [5, 5.41) is 0.630. The Hall–Kier alpha value is 0.300. The van der Waals surface area contributed by atoms with Gasteiger partial charge in [-0.25, -0.2) is 0 Å². The van der Waals surface area contributed by atoms with Crippen molar-refractivity contribution in [3.63, 3.8) is 0 Å². The Morgan fingerprint density at radius 3 is 2.89 bits per heavy atom. The molecule has 1 aromatic rings. The lowest BCUT2D eigenvalue weighted by molar-refractivity contribution is 0.102. The minimum Gasteiger partial charge on any atom is -0.293 e. The summed E-state index contributed by atoms with van der Waals surface area (Å²) < 4.78 is 1.10. The third-order valence-corrected chi connectivity index (χ3v) is 6.11. The SMILES string of the molecule is CC1CCCC(SCC(=O)c2cc(Cl)sc2Cl)C1. The molecule has 2 rings (SSSR count). The Morgan fingerprint density at radius 1 is 1.50 bits per heavy atom. The number of Topliss-reactive ketones (excluding diaryl/α,β-unsaturated/α-hetero) is 1. The third kappa shape index (κ3) is 3.89. The zero-order chi connectivity index (χ0) is 13.1. The summed E-state index contributed by atoms with van der Waals surface area (Å²) in [7, 11) is 0. The highest BCUT2D eigenvalue weighted by Crippen LogP contribution is 2.35. The predicted molar refractivity (Wildman–Crippen MR) is 82.5 cm³/mol. The van der Waals surface area contributed by atoms with E-state index in [4.69, 9.17) is 23.2 Å². The molecule has 100 valence electrons. The number of thioether (sulfide) groups is 1. The van der Waals surface area contributed by atoms with Crippen LogP contribution in [0.1, 0.15) is 43.0 Å². The second kappa shape index (κ2) is 6.65. The third-order valence-electron chi connectivity index (χ3n) is 3.30. The van der Waals surface area contributed by atoms with Gasteiger partial charge in [0.1, 0.15) is 4.34 Å². The van der Waals surface area contributed by atoms with Gasteiger partial charge >= 0.3 is 0 Å². The minimum atomic E-state index is 0.103. The van der Waals surface area contributed by atoms with Gasteiger partial charge in [-0.2, -0.15) is 11.8 Å². The van der Waals surface area contributed by atoms with Crippen LogP contribution in [0, 0.1) is 5.92 Å². The lowest BCUT2D eigenvalue weighted by Crippen LogP contribution is -2.17. The quantitative estimate of drug-likeness (QED) is 0.676. The van der Waals surface area contributed by atoms with Crippen molar-refractivity contribution in [2.75, 3.05) is 5.75 Å². The van der Waals surface area contributed by atoms with Crippen molar-refractivity contribution in [1.82, 2.24) is 0 Å². The Bertz CT molecular complexity index is 431. The summed E-state index contributed by atoms with van der Waals surface area (Å²) in [4.78, 5) is 12.0. The number of hydrogen-bond acceptors (Lipinski definition) is 3. The zero-order valence-electron chi connectivity index (χ0n) is 10.2. The zero-order valence-corrected chi connectivity index (χ0v) is 13.4. The van der Waals surface area contributed by atoms with Crippen LogP contribution in [-0.2, 0) is 0 Å². The fourth-order valence-electron chi connectivity index (χ4n) is 2.33. The molecule has 1 nitrogen and oxygen atoms in total. The van der Waals surface area contributed by atoms with Gasteiger partial charge in [0, 0.05) is 10.8 Å². The molecule has 1 aliphatic carbocycles. The molecule has 1 saturated carbocycles. The second-order valence-electron chi connectivity index (χ2n) is 4.87. The molecule has 0 aromatic carbocycles. The van der Waals surface area contributed by atoms with E-state index in [2.05, 4.69) is 6.92 Å². The standard InChI is InChI=1S/C13H16Cl2OS2/c1-8-3-2-4-9(5-8)17-7-11(16)10-6-12(14)18-13(10)15/h6,8-9H,2-5,7H2,1H3. The average Bonchev–Trinajstić information content (AvgIpc) is 2.66. The second-order valence-corrected chi connectivity index (χ2v) is 8.44. The van der Waals surface area contributed by atoms with Crippen molar-refractivity contribution in [3.05, 3.63) is 20.3 Å². The molecule has 1 fully saturated rings. The number of ketones is 1. The topological polar surface area (TPSA) is 17.1 Å². The molecule has 0 saturated heterocycles. The van der Waals surface area contributed by atoms with Crippen LogP contribution in [0.4, 0.5) is 0 Å². The van der Waals surface area contributed by atoms with Gasteiger partial charge in [0.25, 0.3) is 0 Å². The number of halogens is 2. The smallest absolute Gasteiger partial charge is 0.175 e. The van der Waals surface area contributed by atoms with E-state index in [9.17, 15) is 4.79 Å². The first-order valence-corrected chi connectivity index (χ1v) is 8.78. The molecule has 0 amide bonds. The monoisotopic (exact) mass is 322 g/mol. The fourth-order valence-corrected chi connectivity index (χ4v) is 5.17. The number of carbonyl (C=O) groups excluding carboxylic acids is 1. The molecule has 1 aliphatic rings. The summed E-state index contributed by atoms with van der Waals surface area (Å²) in [5.41, 5.74) is 0.586. The average molecular weight is 323 g/mol. The molecular weight excluding hydrogens is 307 g/mol. The Labute approximate surface area is 126 Å². The molecule has 0 aliphatic heterocycles. The van der Waals surface area contributed by atoms with Crippen molar-refractivity contribution in [2.24, 2.45) is 5.92 Å². The molecule has 1 heterocycles. The number of thiophene rings is 1. The maximum absolute atomic E-state index is 12.0. The highest BCUT2D eigenvalue weighted by molar-refractivity contribution is 8.00. The van der Waals surface area contributed by atoms with Crippen molar-refractivity contribution in [1.29, 1.82) is 0 Å². The van der Waals surface area contributed by atoms with Crippen LogP contribution in [0.15, 0.2) is 6.07 Å². The van der Waals surface area contributed by atoms with Gasteiger partial charge in [-0.05, 0) is 24.8 Å². The van der Waals surface area contributed by atoms with Crippen LogP contribution in [-0.4, -0.2) is 16.8 Å². The van der Waals surface area contributed by atoms with Gasteiger partial charge in [-0.3, -0.25) is 4.79 Å². The van der Waals surface area contributed by atoms with E-state index in [0.29, 0.717) is 25.2 Å². The van der Waals surface area contributed by atoms with Crippen molar-refractivity contribution in [3.8, 4) is 0 Å². The van der Waals surface area contributed by atoms with Crippen LogP contribution in [0.25, 0.3) is 0 Å². The van der Waals surface area contributed by atoms with Gasteiger partial charge in [-0.1, -0.05) is 43.0 Å². The van der Waals surface area contributed by atoms with Crippen molar-refractivity contribution >= 4 is 52.1 Å². The first kappa shape index (κ1) is 14.7. The highest BCUT2D eigenvalue weighted by atomic mass is 35.5. The van der Waals surface area contributed by atoms with Crippen LogP contribution in [0.3, 0.4) is 0 Å². The Kier molecular flexibility index (Phi) is 5.43. The van der Waals surface area contributed by atoms with Crippen LogP contribution in [0.2, 0.25) is 8.67 Å². The van der Waals surface area contributed by atoms with Gasteiger partial charge in [0.15, 0.2) is 5.78 Å². The summed E-state index contributed by atoms with van der Waals surface area (Å²) in [5.74, 6) is 1.42. The van der Waals surface area contributed by atoms with E-state index in [1.54, 1.807) is 17.8 Å². The van der Waals surface area contributed by atoms with Crippen LogP contribution >= 0.6 is 46.3 Å². The molecule has 0 bridgehead atoms. The predicted octanol–water partition coefficient (Wildman–Crippen LogP) is 5.55. The maximum atomic E-state index is 12.0. The summed E-state index contributed by atoms with van der Waals surface area (Å²) in [6.07, 6.45) is 5.09. The highest BCUT2D eigenvalue weighted by Gasteiger charge is 2.21. The van der Waals surface area contributed by atoms with E-state index in [1.807, 2.05) is 0 Å². The van der Waals surface area contributed by atoms with E-state index in [1.165, 1.54) is 37.0 Å². The molecule has 2 unspecified atom stereocenters. The minimum absolute atomic E-state index is 0.103. The molecule has 5 heteroatoms. The molecule has 0 spiro atoms. The van der Waals surface area contributed by atoms with Gasteiger partial charge < -0.3 is 0 Å². The van der Waals surface area contributed by atoms with E-state index >= 15 is 0 Å². The number of carbonyl (C=O) groups is 1. The van der Waals surface area contributed by atoms with Crippen LogP contribution < -0.4 is 0 Å². The van der Waals surface area contributed by atoms with E-state index in [0.717, 1.165) is 5.92 Å². The van der Waals surface area contributed by atoms with Gasteiger partial charge in [0.2, 0.25) is 0 Å². The number of rotatable bonds is 4. The van der Waals surface area contributed by atoms with Crippen molar-refractivity contribution in [2.45, 2.75) is 37.9 Å². The molecule has 18 heavy (non-hydrogen) atoms. The molecule has 0 N–H and O–H groups in total. The normalized spacial score (nSPS) is 24.2. The largest absolute Gasteiger partial charge is 0.293 e. The summed E-state index contributed by atoms with van der Waals surface area (Å²) in [6.45, 7) is 2.30. The van der Waals surface area contributed by atoms with Gasteiger partial charge in [-0.15, -0.1) is 11.3 Å².